The maximum Gasteiger partial charge on any atom is 0.191 e. The summed E-state index contributed by atoms with van der Waals surface area (Å²) in [5.74, 6) is 0.785. The molecule has 0 aliphatic carbocycles. The zero-order valence-electron chi connectivity index (χ0n) is 16.2. The van der Waals surface area contributed by atoms with Crippen LogP contribution in [0.2, 0.25) is 0 Å². The number of nitrogens with zero attached hydrogens (tertiary/aromatic N) is 3. The summed E-state index contributed by atoms with van der Waals surface area (Å²) in [6, 6.07) is 15.0. The summed E-state index contributed by atoms with van der Waals surface area (Å²) >= 11 is 0. The topological polar surface area (TPSA) is 54.2 Å². The van der Waals surface area contributed by atoms with Gasteiger partial charge in [-0.3, -0.25) is 9.67 Å². The highest BCUT2D eigenvalue weighted by molar-refractivity contribution is 5.87. The van der Waals surface area contributed by atoms with Gasteiger partial charge in [0.05, 0.1) is 11.7 Å². The standard InChI is InChI=1S/C21H27N5/c1-14(18-12-8-10-17-9-6-7-11-19(17)18)24-21(22-4)23-13-20-15(2)25-26(5)16(20)3/h6-12,14H,13H2,1-5H3,(H2,22,23,24). The molecule has 0 spiro atoms. The zero-order chi connectivity index (χ0) is 18.7. The van der Waals surface area contributed by atoms with Crippen LogP contribution in [0.3, 0.4) is 0 Å². The van der Waals surface area contributed by atoms with Crippen LogP contribution in [-0.4, -0.2) is 22.8 Å². The molecular weight excluding hydrogens is 322 g/mol. The van der Waals surface area contributed by atoms with Gasteiger partial charge in [0.15, 0.2) is 5.96 Å². The fraction of sp³-hybridized carbons (Fsp3) is 0.333. The van der Waals surface area contributed by atoms with Crippen LogP contribution in [0, 0.1) is 13.8 Å². The number of hydrogen-bond acceptors (Lipinski definition) is 2. The fourth-order valence-corrected chi connectivity index (χ4v) is 3.35. The van der Waals surface area contributed by atoms with E-state index in [4.69, 9.17) is 0 Å². The lowest BCUT2D eigenvalue weighted by Crippen LogP contribution is -2.38. The molecule has 136 valence electrons. The van der Waals surface area contributed by atoms with Crippen LogP contribution in [0.15, 0.2) is 47.5 Å². The van der Waals surface area contributed by atoms with Gasteiger partial charge in [0.2, 0.25) is 0 Å². The number of rotatable bonds is 4. The molecule has 0 amide bonds. The van der Waals surface area contributed by atoms with Gasteiger partial charge in [-0.1, -0.05) is 42.5 Å². The molecule has 1 atom stereocenters. The van der Waals surface area contributed by atoms with E-state index < -0.39 is 0 Å². The lowest BCUT2D eigenvalue weighted by atomic mass is 10.00. The second-order valence-corrected chi connectivity index (χ2v) is 6.63. The van der Waals surface area contributed by atoms with Crippen LogP contribution in [0.5, 0.6) is 0 Å². The first-order valence-corrected chi connectivity index (χ1v) is 8.95. The van der Waals surface area contributed by atoms with Gasteiger partial charge in [0, 0.05) is 31.9 Å². The third kappa shape index (κ3) is 3.57. The van der Waals surface area contributed by atoms with Crippen molar-refractivity contribution < 1.29 is 0 Å². The fourth-order valence-electron chi connectivity index (χ4n) is 3.35. The molecule has 0 saturated heterocycles. The molecule has 5 nitrogen and oxygen atoms in total. The molecule has 5 heteroatoms. The van der Waals surface area contributed by atoms with Crippen molar-refractivity contribution in [1.82, 2.24) is 20.4 Å². The zero-order valence-corrected chi connectivity index (χ0v) is 16.2. The van der Waals surface area contributed by atoms with E-state index in [1.165, 1.54) is 27.6 Å². The highest BCUT2D eigenvalue weighted by atomic mass is 15.3. The average Bonchev–Trinajstić information content (AvgIpc) is 2.89. The SMILES string of the molecule is CN=C(NCc1c(C)nn(C)c1C)NC(C)c1cccc2ccccc12. The van der Waals surface area contributed by atoms with Gasteiger partial charge in [-0.2, -0.15) is 5.10 Å². The Hall–Kier alpha value is -2.82. The van der Waals surface area contributed by atoms with Gasteiger partial charge < -0.3 is 10.6 Å². The first-order valence-electron chi connectivity index (χ1n) is 8.95. The van der Waals surface area contributed by atoms with Crippen molar-refractivity contribution in [3.63, 3.8) is 0 Å². The van der Waals surface area contributed by atoms with E-state index in [1.54, 1.807) is 7.05 Å². The van der Waals surface area contributed by atoms with Gasteiger partial charge in [-0.25, -0.2) is 0 Å². The maximum absolute atomic E-state index is 4.47. The second kappa shape index (κ2) is 7.60. The summed E-state index contributed by atoms with van der Waals surface area (Å²) < 4.78 is 1.92. The Bertz CT molecular complexity index is 933. The normalized spacial score (nSPS) is 13.0. The first-order chi connectivity index (χ1) is 12.5. The van der Waals surface area contributed by atoms with Crippen molar-refractivity contribution >= 4 is 16.7 Å². The molecule has 26 heavy (non-hydrogen) atoms. The van der Waals surface area contributed by atoms with Crippen LogP contribution in [0.25, 0.3) is 10.8 Å². The number of fused-ring (bicyclic) bond motifs is 1. The molecule has 1 aromatic heterocycles. The summed E-state index contributed by atoms with van der Waals surface area (Å²) in [4.78, 5) is 4.38. The number of aliphatic imine (C=N–C) groups is 1. The monoisotopic (exact) mass is 349 g/mol. The Kier molecular flexibility index (Phi) is 5.26. The summed E-state index contributed by atoms with van der Waals surface area (Å²) in [5, 5.41) is 13.9. The largest absolute Gasteiger partial charge is 0.352 e. The van der Waals surface area contributed by atoms with Gasteiger partial charge in [-0.15, -0.1) is 0 Å². The third-order valence-electron chi connectivity index (χ3n) is 4.96. The Balaban J connectivity index is 1.73. The summed E-state index contributed by atoms with van der Waals surface area (Å²) in [5.41, 5.74) is 4.70. The van der Waals surface area contributed by atoms with Gasteiger partial charge >= 0.3 is 0 Å². The highest BCUT2D eigenvalue weighted by Crippen LogP contribution is 2.24. The van der Waals surface area contributed by atoms with E-state index in [0.717, 1.165) is 11.7 Å². The molecule has 2 aromatic carbocycles. The van der Waals surface area contributed by atoms with Crippen LogP contribution in [0.4, 0.5) is 0 Å². The number of aryl methyl sites for hydroxylation is 2. The van der Waals surface area contributed by atoms with Crippen molar-refractivity contribution in [1.29, 1.82) is 0 Å². The molecule has 0 bridgehead atoms. The molecule has 0 fully saturated rings. The molecule has 2 N–H and O–H groups in total. The van der Waals surface area contributed by atoms with Crippen LogP contribution >= 0.6 is 0 Å². The highest BCUT2D eigenvalue weighted by Gasteiger charge is 2.13. The van der Waals surface area contributed by atoms with E-state index in [1.807, 2.05) is 18.7 Å². The molecule has 0 radical (unpaired) electrons. The van der Waals surface area contributed by atoms with E-state index in [9.17, 15) is 0 Å². The van der Waals surface area contributed by atoms with Crippen molar-refractivity contribution in [2.75, 3.05) is 7.05 Å². The number of hydrogen-bond donors (Lipinski definition) is 2. The van der Waals surface area contributed by atoms with Gasteiger partial charge in [0.1, 0.15) is 0 Å². The number of guanidine groups is 1. The second-order valence-electron chi connectivity index (χ2n) is 6.63. The minimum absolute atomic E-state index is 0.142. The number of aromatic nitrogens is 2. The number of nitrogens with one attached hydrogen (secondary N) is 2. The van der Waals surface area contributed by atoms with Crippen molar-refractivity contribution in [3.8, 4) is 0 Å². The molecule has 0 aliphatic heterocycles. The van der Waals surface area contributed by atoms with E-state index in [2.05, 4.69) is 77.0 Å². The van der Waals surface area contributed by atoms with Crippen LogP contribution < -0.4 is 10.6 Å². The smallest absolute Gasteiger partial charge is 0.191 e. The predicted molar refractivity (Wildman–Crippen MR) is 108 cm³/mol. The molecule has 3 aromatic rings. The molecule has 0 saturated carbocycles. The summed E-state index contributed by atoms with van der Waals surface area (Å²) in [6.07, 6.45) is 0. The lowest BCUT2D eigenvalue weighted by Gasteiger charge is -2.20. The molecule has 0 aliphatic rings. The molecule has 1 unspecified atom stereocenters. The Morgan fingerprint density at radius 1 is 1.15 bits per heavy atom. The Morgan fingerprint density at radius 2 is 1.88 bits per heavy atom. The van der Waals surface area contributed by atoms with Crippen LogP contribution in [0.1, 0.15) is 35.5 Å². The van der Waals surface area contributed by atoms with E-state index >= 15 is 0 Å². The minimum atomic E-state index is 0.142. The Morgan fingerprint density at radius 3 is 2.58 bits per heavy atom. The maximum atomic E-state index is 4.47. The molecule has 1 heterocycles. The van der Waals surface area contributed by atoms with Crippen LogP contribution in [-0.2, 0) is 13.6 Å². The predicted octanol–water partition coefficient (Wildman–Crippen LogP) is 3.62. The van der Waals surface area contributed by atoms with E-state index in [0.29, 0.717) is 6.54 Å². The van der Waals surface area contributed by atoms with Crippen molar-refractivity contribution in [3.05, 3.63) is 65.0 Å². The van der Waals surface area contributed by atoms with Gasteiger partial charge in [-0.05, 0) is 37.1 Å². The lowest BCUT2D eigenvalue weighted by molar-refractivity contribution is 0.688. The minimum Gasteiger partial charge on any atom is -0.352 e. The summed E-state index contributed by atoms with van der Waals surface area (Å²) in [7, 11) is 3.77. The quantitative estimate of drug-likeness (QED) is 0.559. The number of benzene rings is 2. The first kappa shape index (κ1) is 18.0. The van der Waals surface area contributed by atoms with Crippen molar-refractivity contribution in [2.45, 2.75) is 33.4 Å². The average molecular weight is 349 g/mol. The molecule has 3 rings (SSSR count). The van der Waals surface area contributed by atoms with E-state index in [-0.39, 0.29) is 6.04 Å². The third-order valence-corrected chi connectivity index (χ3v) is 4.96. The Labute approximate surface area is 155 Å². The van der Waals surface area contributed by atoms with Crippen molar-refractivity contribution in [2.24, 2.45) is 12.0 Å². The molecular formula is C21H27N5. The summed E-state index contributed by atoms with van der Waals surface area (Å²) in [6.45, 7) is 6.99. The van der Waals surface area contributed by atoms with Gasteiger partial charge in [0.25, 0.3) is 0 Å².